The Kier molecular flexibility index (Phi) is 2.37. The summed E-state index contributed by atoms with van der Waals surface area (Å²) in [5, 5.41) is 0. The van der Waals surface area contributed by atoms with Gasteiger partial charge in [0.15, 0.2) is 3.76 Å². The predicted octanol–water partition coefficient (Wildman–Crippen LogP) is 2.86. The number of halogens is 3. The molecule has 1 aliphatic rings. The number of hydrogen-bond donors (Lipinski definition) is 0. The van der Waals surface area contributed by atoms with Gasteiger partial charge in [-0.1, -0.05) is 36.7 Å². The lowest BCUT2D eigenvalue weighted by molar-refractivity contribution is 0.839. The van der Waals surface area contributed by atoms with Gasteiger partial charge >= 0.3 is 0 Å². The average Bonchev–Trinajstić information content (AvgIpc) is 1.64. The first kappa shape index (κ1) is 6.61. The lowest BCUT2D eigenvalue weighted by atomic mass is 10.5. The van der Waals surface area contributed by atoms with Gasteiger partial charge in [-0.25, -0.2) is 4.39 Å². The van der Waals surface area contributed by atoms with E-state index in [0.717, 1.165) is 4.48 Å². The molecule has 0 bridgehead atoms. The van der Waals surface area contributed by atoms with E-state index in [1.54, 1.807) is 0 Å². The van der Waals surface area contributed by atoms with Crippen molar-refractivity contribution >= 4 is 40.4 Å². The van der Waals surface area contributed by atoms with Crippen LogP contribution in [0.3, 0.4) is 0 Å². The minimum atomic E-state index is -0.412. The highest BCUT2D eigenvalue weighted by molar-refractivity contribution is 14.2. The van der Waals surface area contributed by atoms with E-state index in [1.807, 2.05) is 10.2 Å². The Morgan fingerprint density at radius 3 is 2.75 bits per heavy atom. The first-order chi connectivity index (χ1) is 3.79. The van der Waals surface area contributed by atoms with Crippen molar-refractivity contribution < 1.29 is 4.39 Å². The zero-order valence-electron chi connectivity index (χ0n) is 3.87. The lowest BCUT2D eigenvalue weighted by Crippen LogP contribution is -1.78. The second-order valence-electron chi connectivity index (χ2n) is 1.22. The maximum Gasteiger partial charge on any atom is 0.156 e. The number of allylic oxidation sites excluding steroid dienone is 3. The molecule has 44 valence electrons. The smallest absolute Gasteiger partial charge is 0.156 e. The molecule has 0 spiro atoms. The molecule has 0 amide bonds. The Morgan fingerprint density at radius 1 is 1.62 bits per heavy atom. The SMILES string of the molecule is FC1=IC=CC(Br)=C1. The van der Waals surface area contributed by atoms with Crippen LogP contribution in [-0.2, 0) is 0 Å². The van der Waals surface area contributed by atoms with Gasteiger partial charge in [0.05, 0.1) is 0 Å². The fraction of sp³-hybridized carbons (Fsp3) is 0. The molecule has 0 aromatic carbocycles. The summed E-state index contributed by atoms with van der Waals surface area (Å²) in [7, 11) is 0. The maximum atomic E-state index is 12.2. The first-order valence-electron chi connectivity index (χ1n) is 1.98. The summed E-state index contributed by atoms with van der Waals surface area (Å²) in [6.45, 7) is 0. The zero-order chi connectivity index (χ0) is 5.98. The molecule has 0 fully saturated rings. The van der Waals surface area contributed by atoms with Crippen LogP contribution in [0.25, 0.3) is 0 Å². The van der Waals surface area contributed by atoms with Crippen LogP contribution in [0, 0.1) is 0 Å². The number of rotatable bonds is 0. The molecule has 0 aromatic rings. The van der Waals surface area contributed by atoms with E-state index in [9.17, 15) is 4.39 Å². The summed E-state index contributed by atoms with van der Waals surface area (Å²) in [5.74, 6) is 0. The average molecular weight is 289 g/mol. The molecule has 3 heteroatoms. The molecule has 0 N–H and O–H groups in total. The van der Waals surface area contributed by atoms with E-state index < -0.39 is 20.7 Å². The van der Waals surface area contributed by atoms with Crippen LogP contribution in [0.5, 0.6) is 0 Å². The molecule has 1 aliphatic heterocycles. The molecule has 8 heavy (non-hydrogen) atoms. The van der Waals surface area contributed by atoms with Gasteiger partial charge in [0.1, 0.15) is 0 Å². The third-order valence-electron chi connectivity index (χ3n) is 0.636. The highest BCUT2D eigenvalue weighted by Gasteiger charge is 1.93. The van der Waals surface area contributed by atoms with Crippen molar-refractivity contribution in [2.45, 2.75) is 0 Å². The molecule has 0 unspecified atom stereocenters. The summed E-state index contributed by atoms with van der Waals surface area (Å²) in [6, 6.07) is 0. The molecule has 0 aliphatic carbocycles. The van der Waals surface area contributed by atoms with Crippen LogP contribution in [0.1, 0.15) is 0 Å². The Balaban J connectivity index is 2.89. The summed E-state index contributed by atoms with van der Waals surface area (Å²) < 4.78 is 15.0. The van der Waals surface area contributed by atoms with Gasteiger partial charge in [-0.15, -0.1) is 0 Å². The van der Waals surface area contributed by atoms with Gasteiger partial charge in [0, 0.05) is 4.48 Å². The van der Waals surface area contributed by atoms with Gasteiger partial charge in [0.25, 0.3) is 0 Å². The normalized spacial score (nSPS) is 18.8. The second kappa shape index (κ2) is 2.87. The van der Waals surface area contributed by atoms with E-state index in [4.69, 9.17) is 0 Å². The zero-order valence-corrected chi connectivity index (χ0v) is 7.61. The van der Waals surface area contributed by atoms with Crippen molar-refractivity contribution in [2.75, 3.05) is 0 Å². The van der Waals surface area contributed by atoms with Crippen molar-refractivity contribution in [3.63, 3.8) is 0 Å². The molecule has 1 heterocycles. The van der Waals surface area contributed by atoms with Gasteiger partial charge in [-0.05, 0) is 16.2 Å². The van der Waals surface area contributed by atoms with Crippen LogP contribution >= 0.6 is 36.7 Å². The summed E-state index contributed by atoms with van der Waals surface area (Å²) in [4.78, 5) is 0. The second-order valence-corrected chi connectivity index (χ2v) is 4.51. The molecule has 0 saturated carbocycles. The molecule has 0 nitrogen and oxygen atoms in total. The minimum absolute atomic E-state index is 0.0261. The third kappa shape index (κ3) is 1.78. The molecule has 0 aromatic heterocycles. The maximum absolute atomic E-state index is 12.2. The van der Waals surface area contributed by atoms with Crippen molar-refractivity contribution in [3.8, 4) is 0 Å². The third-order valence-corrected chi connectivity index (χ3v) is 2.76. The Labute approximate surface area is 65.3 Å². The van der Waals surface area contributed by atoms with Gasteiger partial charge in [-0.2, -0.15) is 0 Å². The topological polar surface area (TPSA) is 0 Å². The molecule has 1 rings (SSSR count). The van der Waals surface area contributed by atoms with E-state index in [-0.39, 0.29) is 3.76 Å². The van der Waals surface area contributed by atoms with Gasteiger partial charge in [-0.3, -0.25) is 0 Å². The van der Waals surface area contributed by atoms with E-state index >= 15 is 0 Å². The molecular formula is C5H3BrFI. The summed E-state index contributed by atoms with van der Waals surface area (Å²) in [5.41, 5.74) is 0. The van der Waals surface area contributed by atoms with Crippen molar-refractivity contribution in [1.82, 2.24) is 0 Å². The Bertz CT molecular complexity index is 178. The molecule has 0 atom stereocenters. The fourth-order valence-corrected chi connectivity index (χ4v) is 3.02. The standard InChI is InChI=1S/C5H3BrFI/c6-4-1-2-8-5(7)3-4/h1-3H. The van der Waals surface area contributed by atoms with Crippen LogP contribution in [0.15, 0.2) is 20.7 Å². The molecular weight excluding hydrogens is 286 g/mol. The van der Waals surface area contributed by atoms with Crippen molar-refractivity contribution in [1.29, 1.82) is 0 Å². The van der Waals surface area contributed by atoms with Crippen LogP contribution in [-0.4, -0.2) is 3.76 Å². The van der Waals surface area contributed by atoms with E-state index in [0.29, 0.717) is 0 Å². The van der Waals surface area contributed by atoms with E-state index in [2.05, 4.69) is 15.9 Å². The van der Waals surface area contributed by atoms with E-state index in [1.165, 1.54) is 6.08 Å². The van der Waals surface area contributed by atoms with Crippen LogP contribution in [0.4, 0.5) is 4.39 Å². The first-order valence-corrected chi connectivity index (χ1v) is 5.10. The Hall–Kier alpha value is 0.490. The van der Waals surface area contributed by atoms with Gasteiger partial charge in [0.2, 0.25) is 0 Å². The lowest BCUT2D eigenvalue weighted by Gasteiger charge is -1.91. The van der Waals surface area contributed by atoms with Crippen molar-refractivity contribution in [2.24, 2.45) is 0 Å². The summed E-state index contributed by atoms with van der Waals surface area (Å²) >= 11 is 2.75. The molecule has 0 radical (unpaired) electrons. The quantitative estimate of drug-likeness (QED) is 0.601. The fourth-order valence-electron chi connectivity index (χ4n) is 0.336. The van der Waals surface area contributed by atoms with Crippen LogP contribution < -0.4 is 0 Å². The molecule has 0 saturated heterocycles. The largest absolute Gasteiger partial charge is 0.200 e. The minimum Gasteiger partial charge on any atom is -0.200 e. The monoisotopic (exact) mass is 288 g/mol. The van der Waals surface area contributed by atoms with Gasteiger partial charge < -0.3 is 0 Å². The summed E-state index contributed by atoms with van der Waals surface area (Å²) in [6.07, 6.45) is 3.41. The number of hydrogen-bond acceptors (Lipinski definition) is 0. The van der Waals surface area contributed by atoms with Crippen molar-refractivity contribution in [3.05, 3.63) is 20.7 Å². The van der Waals surface area contributed by atoms with Crippen LogP contribution in [0.2, 0.25) is 0 Å². The highest BCUT2D eigenvalue weighted by Crippen LogP contribution is 2.18. The highest BCUT2D eigenvalue weighted by atomic mass is 127. The predicted molar refractivity (Wildman–Crippen MR) is 46.3 cm³/mol. The Morgan fingerprint density at radius 2 is 2.38 bits per heavy atom.